The molecule has 0 aliphatic rings. The molecule has 0 aromatic carbocycles. The average Bonchev–Trinajstić information content (AvgIpc) is 2.19. The summed E-state index contributed by atoms with van der Waals surface area (Å²) in [6.07, 6.45) is 3.34. The van der Waals surface area contributed by atoms with E-state index in [-0.39, 0.29) is 18.9 Å². The Morgan fingerprint density at radius 1 is 1.44 bits per heavy atom. The van der Waals surface area contributed by atoms with E-state index < -0.39 is 5.97 Å². The van der Waals surface area contributed by atoms with E-state index in [1.54, 1.807) is 10.3 Å². The summed E-state index contributed by atoms with van der Waals surface area (Å²) in [4.78, 5) is 23.7. The maximum atomic E-state index is 11.7. The van der Waals surface area contributed by atoms with Crippen LogP contribution in [-0.4, -0.2) is 41.2 Å². The minimum Gasteiger partial charge on any atom is -0.481 e. The third-order valence-electron chi connectivity index (χ3n) is 1.84. The highest BCUT2D eigenvalue weighted by Crippen LogP contribution is 2.03. The van der Waals surface area contributed by atoms with Gasteiger partial charge in [0.05, 0.1) is 6.42 Å². The van der Waals surface area contributed by atoms with Gasteiger partial charge >= 0.3 is 5.97 Å². The minimum atomic E-state index is -0.879. The lowest BCUT2D eigenvalue weighted by Crippen LogP contribution is -2.34. The highest BCUT2D eigenvalue weighted by atomic mass is 32.2. The zero-order valence-corrected chi connectivity index (χ0v) is 10.8. The summed E-state index contributed by atoms with van der Waals surface area (Å²) in [5.41, 5.74) is 0. The Bertz CT molecular complexity index is 264. The lowest BCUT2D eigenvalue weighted by molar-refractivity contribution is -0.138. The smallest absolute Gasteiger partial charge is 0.305 e. The monoisotopic (exact) mass is 245 g/mol. The molecule has 0 rings (SSSR count). The van der Waals surface area contributed by atoms with Crippen LogP contribution < -0.4 is 0 Å². The minimum absolute atomic E-state index is 0.00837. The van der Waals surface area contributed by atoms with Gasteiger partial charge in [0.2, 0.25) is 5.91 Å². The number of rotatable bonds is 7. The Labute approximate surface area is 101 Å². The summed E-state index contributed by atoms with van der Waals surface area (Å²) in [6, 6.07) is 0. The van der Waals surface area contributed by atoms with Gasteiger partial charge in [-0.25, -0.2) is 0 Å². The molecule has 5 heteroatoms. The molecule has 4 nitrogen and oxygen atoms in total. The molecule has 0 spiro atoms. The van der Waals surface area contributed by atoms with Crippen LogP contribution >= 0.6 is 11.8 Å². The number of carboxylic acid groups (broad SMARTS) is 1. The van der Waals surface area contributed by atoms with Crippen molar-refractivity contribution in [1.29, 1.82) is 0 Å². The molecule has 0 fully saturated rings. The zero-order valence-electron chi connectivity index (χ0n) is 9.97. The summed E-state index contributed by atoms with van der Waals surface area (Å²) in [7, 11) is 0. The molecule has 0 atom stereocenters. The first kappa shape index (κ1) is 15.0. The van der Waals surface area contributed by atoms with Gasteiger partial charge in [-0.15, -0.1) is 11.8 Å². The Kier molecular flexibility index (Phi) is 7.72. The van der Waals surface area contributed by atoms with Crippen molar-refractivity contribution in [1.82, 2.24) is 4.90 Å². The molecule has 0 saturated carbocycles. The number of hydrogen-bond donors (Lipinski definition) is 1. The molecule has 16 heavy (non-hydrogen) atoms. The van der Waals surface area contributed by atoms with E-state index in [2.05, 4.69) is 0 Å². The summed E-state index contributed by atoms with van der Waals surface area (Å²) in [5, 5.41) is 10.3. The zero-order chi connectivity index (χ0) is 12.6. The largest absolute Gasteiger partial charge is 0.481 e. The van der Waals surface area contributed by atoms with Gasteiger partial charge in [0.15, 0.2) is 0 Å². The van der Waals surface area contributed by atoms with Crippen molar-refractivity contribution in [2.45, 2.75) is 20.3 Å². The van der Waals surface area contributed by atoms with Crippen molar-refractivity contribution in [2.75, 3.05) is 19.3 Å². The molecule has 92 valence electrons. The average molecular weight is 245 g/mol. The third kappa shape index (κ3) is 7.34. The van der Waals surface area contributed by atoms with Crippen LogP contribution in [0, 0.1) is 5.92 Å². The van der Waals surface area contributed by atoms with E-state index >= 15 is 0 Å². The lowest BCUT2D eigenvalue weighted by Gasteiger charge is -2.22. The molecule has 0 aromatic rings. The molecule has 1 amide bonds. The van der Waals surface area contributed by atoms with Crippen LogP contribution in [0.15, 0.2) is 11.5 Å². The molecule has 0 aliphatic heterocycles. The van der Waals surface area contributed by atoms with E-state index in [0.717, 1.165) is 0 Å². The van der Waals surface area contributed by atoms with Crippen LogP contribution in [0.2, 0.25) is 0 Å². The first-order chi connectivity index (χ1) is 7.47. The predicted octanol–water partition coefficient (Wildman–Crippen LogP) is 1.82. The second-order valence-corrected chi connectivity index (χ2v) is 4.60. The van der Waals surface area contributed by atoms with Gasteiger partial charge in [-0.3, -0.25) is 9.59 Å². The second-order valence-electron chi connectivity index (χ2n) is 3.86. The van der Waals surface area contributed by atoms with Gasteiger partial charge in [-0.2, -0.15) is 0 Å². The lowest BCUT2D eigenvalue weighted by atomic mass is 10.2. The van der Waals surface area contributed by atoms with E-state index in [0.29, 0.717) is 12.5 Å². The summed E-state index contributed by atoms with van der Waals surface area (Å²) >= 11 is 1.45. The van der Waals surface area contributed by atoms with Crippen LogP contribution in [0.25, 0.3) is 0 Å². The molecule has 0 saturated heterocycles. The van der Waals surface area contributed by atoms with Crippen molar-refractivity contribution in [2.24, 2.45) is 5.92 Å². The molecule has 1 N–H and O–H groups in total. The van der Waals surface area contributed by atoms with E-state index in [9.17, 15) is 9.59 Å². The fraction of sp³-hybridized carbons (Fsp3) is 0.636. The van der Waals surface area contributed by atoms with Crippen molar-refractivity contribution in [3.05, 3.63) is 11.5 Å². The predicted molar refractivity (Wildman–Crippen MR) is 66.3 cm³/mol. The van der Waals surface area contributed by atoms with Crippen molar-refractivity contribution in [3.63, 3.8) is 0 Å². The quantitative estimate of drug-likeness (QED) is 0.695. The van der Waals surface area contributed by atoms with Crippen molar-refractivity contribution < 1.29 is 14.7 Å². The number of hydrogen-bond acceptors (Lipinski definition) is 3. The summed E-state index contributed by atoms with van der Waals surface area (Å²) in [6.45, 7) is 4.86. The fourth-order valence-electron chi connectivity index (χ4n) is 1.19. The van der Waals surface area contributed by atoms with Gasteiger partial charge < -0.3 is 10.0 Å². The Morgan fingerprint density at radius 2 is 2.06 bits per heavy atom. The van der Waals surface area contributed by atoms with Gasteiger partial charge in [0.25, 0.3) is 0 Å². The van der Waals surface area contributed by atoms with Crippen LogP contribution in [0.5, 0.6) is 0 Å². The highest BCUT2D eigenvalue weighted by molar-refractivity contribution is 8.01. The Morgan fingerprint density at radius 3 is 2.50 bits per heavy atom. The number of carbonyl (C=O) groups excluding carboxylic acids is 1. The van der Waals surface area contributed by atoms with Crippen molar-refractivity contribution >= 4 is 23.6 Å². The molecule has 0 aliphatic carbocycles. The van der Waals surface area contributed by atoms with Gasteiger partial charge in [0, 0.05) is 19.2 Å². The Balaban J connectivity index is 4.34. The SMILES string of the molecule is CS/C=C/C(=O)N(CCC(=O)O)CC(C)C. The number of carboxylic acids is 1. The first-order valence-electron chi connectivity index (χ1n) is 5.17. The fourth-order valence-corrected chi connectivity index (χ4v) is 1.45. The number of nitrogens with zero attached hydrogens (tertiary/aromatic N) is 1. The summed E-state index contributed by atoms with van der Waals surface area (Å²) in [5.74, 6) is -0.667. The summed E-state index contributed by atoms with van der Waals surface area (Å²) < 4.78 is 0. The molecule has 0 unspecified atom stereocenters. The molecular formula is C11H19NO3S. The second kappa shape index (κ2) is 8.21. The standard InChI is InChI=1S/C11H19NO3S/c1-9(2)8-12(6-4-11(14)15)10(13)5-7-16-3/h5,7,9H,4,6,8H2,1-3H3,(H,14,15)/b7-5+. The van der Waals surface area contributed by atoms with E-state index in [1.807, 2.05) is 20.1 Å². The number of aliphatic carboxylic acids is 1. The topological polar surface area (TPSA) is 57.6 Å². The van der Waals surface area contributed by atoms with Crippen LogP contribution in [0.1, 0.15) is 20.3 Å². The van der Waals surface area contributed by atoms with Crippen LogP contribution in [-0.2, 0) is 9.59 Å². The van der Waals surface area contributed by atoms with Gasteiger partial charge in [0.1, 0.15) is 0 Å². The van der Waals surface area contributed by atoms with Crippen molar-refractivity contribution in [3.8, 4) is 0 Å². The van der Waals surface area contributed by atoms with Crippen LogP contribution in [0.4, 0.5) is 0 Å². The molecular weight excluding hydrogens is 226 g/mol. The van der Waals surface area contributed by atoms with Crippen LogP contribution in [0.3, 0.4) is 0 Å². The molecule has 0 heterocycles. The molecule has 0 bridgehead atoms. The van der Waals surface area contributed by atoms with Gasteiger partial charge in [-0.05, 0) is 17.6 Å². The third-order valence-corrected chi connectivity index (χ3v) is 2.25. The number of amides is 1. The molecule has 0 aromatic heterocycles. The number of thioether (sulfide) groups is 1. The van der Waals surface area contributed by atoms with E-state index in [1.165, 1.54) is 17.8 Å². The normalized spacial score (nSPS) is 11.0. The maximum Gasteiger partial charge on any atom is 0.305 e. The molecule has 0 radical (unpaired) electrons. The van der Waals surface area contributed by atoms with Gasteiger partial charge in [-0.1, -0.05) is 13.8 Å². The Hall–Kier alpha value is -0.970. The maximum absolute atomic E-state index is 11.7. The highest BCUT2D eigenvalue weighted by Gasteiger charge is 2.13. The number of carbonyl (C=O) groups is 2. The first-order valence-corrected chi connectivity index (χ1v) is 6.46. The van der Waals surface area contributed by atoms with E-state index in [4.69, 9.17) is 5.11 Å².